The maximum Gasteiger partial charge on any atom is 0.123 e. The standard InChI is InChI=1S/C15H12FNO2S/c1-9-6-12-14(20-9)7-13(15(18)19)17(12)8-10-2-4-11(16)5-3-10/h2-7H,8H2,1H3,(H,18,19)/p-1. The second-order valence-electron chi connectivity index (χ2n) is 4.64. The maximum atomic E-state index is 12.9. The van der Waals surface area contributed by atoms with Crippen LogP contribution in [0.5, 0.6) is 0 Å². The minimum atomic E-state index is -1.20. The van der Waals surface area contributed by atoms with Crippen molar-refractivity contribution in [1.29, 1.82) is 0 Å². The van der Waals surface area contributed by atoms with Crippen molar-refractivity contribution in [2.45, 2.75) is 13.5 Å². The number of aryl methyl sites for hydroxylation is 1. The first-order valence-corrected chi connectivity index (χ1v) is 6.92. The Labute approximate surface area is 118 Å². The summed E-state index contributed by atoms with van der Waals surface area (Å²) >= 11 is 1.55. The summed E-state index contributed by atoms with van der Waals surface area (Å²) in [6, 6.07) is 9.63. The number of aromatic nitrogens is 1. The number of rotatable bonds is 3. The molecule has 0 fully saturated rings. The number of hydrogen-bond donors (Lipinski definition) is 0. The summed E-state index contributed by atoms with van der Waals surface area (Å²) in [5.41, 5.74) is 1.86. The molecule has 1 aromatic carbocycles. The molecule has 0 bridgehead atoms. The highest BCUT2D eigenvalue weighted by Crippen LogP contribution is 2.29. The Morgan fingerprint density at radius 3 is 2.65 bits per heavy atom. The van der Waals surface area contributed by atoms with Crippen LogP contribution in [0.4, 0.5) is 4.39 Å². The molecular formula is C15H11FNO2S-. The summed E-state index contributed by atoms with van der Waals surface area (Å²) in [5.74, 6) is -1.51. The van der Waals surface area contributed by atoms with Crippen LogP contribution < -0.4 is 5.11 Å². The Hall–Kier alpha value is -2.14. The van der Waals surface area contributed by atoms with E-state index in [1.54, 1.807) is 34.1 Å². The number of carboxylic acids is 1. The molecule has 20 heavy (non-hydrogen) atoms. The molecule has 0 amide bonds. The lowest BCUT2D eigenvalue weighted by Gasteiger charge is -2.11. The van der Waals surface area contributed by atoms with E-state index in [-0.39, 0.29) is 11.5 Å². The Bertz CT molecular complexity index is 786. The van der Waals surface area contributed by atoms with Crippen LogP contribution in [0.1, 0.15) is 20.9 Å². The van der Waals surface area contributed by atoms with Gasteiger partial charge in [-0.05, 0) is 36.8 Å². The largest absolute Gasteiger partial charge is 0.543 e. The molecule has 0 atom stereocenters. The zero-order valence-electron chi connectivity index (χ0n) is 10.7. The van der Waals surface area contributed by atoms with Gasteiger partial charge in [-0.25, -0.2) is 4.39 Å². The van der Waals surface area contributed by atoms with Crippen molar-refractivity contribution in [3.63, 3.8) is 0 Å². The van der Waals surface area contributed by atoms with E-state index in [2.05, 4.69) is 0 Å². The fourth-order valence-corrected chi connectivity index (χ4v) is 3.24. The highest BCUT2D eigenvalue weighted by Gasteiger charge is 2.12. The Morgan fingerprint density at radius 2 is 2.00 bits per heavy atom. The van der Waals surface area contributed by atoms with Crippen LogP contribution in [0.15, 0.2) is 36.4 Å². The molecule has 2 heterocycles. The number of fused-ring (bicyclic) bond motifs is 1. The number of thiophene rings is 1. The average Bonchev–Trinajstić information content (AvgIpc) is 2.90. The Morgan fingerprint density at radius 1 is 1.30 bits per heavy atom. The average molecular weight is 288 g/mol. The van der Waals surface area contributed by atoms with Gasteiger partial charge in [-0.1, -0.05) is 12.1 Å². The topological polar surface area (TPSA) is 45.1 Å². The molecule has 0 aliphatic rings. The van der Waals surface area contributed by atoms with E-state index >= 15 is 0 Å². The van der Waals surface area contributed by atoms with Gasteiger partial charge < -0.3 is 14.5 Å². The second kappa shape index (κ2) is 4.76. The van der Waals surface area contributed by atoms with Crippen molar-refractivity contribution < 1.29 is 14.3 Å². The predicted octanol–water partition coefficient (Wildman–Crippen LogP) is 2.56. The summed E-state index contributed by atoms with van der Waals surface area (Å²) in [5, 5.41) is 11.2. The molecule has 0 saturated heterocycles. The van der Waals surface area contributed by atoms with Crippen molar-refractivity contribution >= 4 is 27.5 Å². The third kappa shape index (κ3) is 2.20. The van der Waals surface area contributed by atoms with E-state index in [1.165, 1.54) is 12.1 Å². The lowest BCUT2D eigenvalue weighted by atomic mass is 10.2. The second-order valence-corrected chi connectivity index (χ2v) is 5.92. The quantitative estimate of drug-likeness (QED) is 0.743. The fourth-order valence-electron chi connectivity index (χ4n) is 2.28. The minimum absolute atomic E-state index is 0.149. The predicted molar refractivity (Wildman–Crippen MR) is 74.4 cm³/mol. The third-order valence-electron chi connectivity index (χ3n) is 3.18. The molecule has 0 aliphatic carbocycles. The first-order valence-electron chi connectivity index (χ1n) is 6.10. The number of hydrogen-bond acceptors (Lipinski definition) is 3. The number of nitrogens with zero attached hydrogens (tertiary/aromatic N) is 1. The summed E-state index contributed by atoms with van der Waals surface area (Å²) in [6.07, 6.45) is 0. The molecule has 5 heteroatoms. The van der Waals surface area contributed by atoms with E-state index in [0.29, 0.717) is 6.54 Å². The van der Waals surface area contributed by atoms with Crippen molar-refractivity contribution in [2.75, 3.05) is 0 Å². The van der Waals surface area contributed by atoms with Crippen molar-refractivity contribution in [1.82, 2.24) is 4.57 Å². The van der Waals surface area contributed by atoms with Crippen LogP contribution in [0.3, 0.4) is 0 Å². The van der Waals surface area contributed by atoms with Crippen molar-refractivity contribution in [3.8, 4) is 0 Å². The van der Waals surface area contributed by atoms with Crippen LogP contribution >= 0.6 is 11.3 Å². The molecule has 0 unspecified atom stereocenters. The fraction of sp³-hybridized carbons (Fsp3) is 0.133. The van der Waals surface area contributed by atoms with Crippen molar-refractivity contribution in [3.05, 3.63) is 58.3 Å². The van der Waals surface area contributed by atoms with Crippen LogP contribution in [-0.4, -0.2) is 10.5 Å². The van der Waals surface area contributed by atoms with E-state index in [0.717, 1.165) is 20.7 Å². The molecular weight excluding hydrogens is 277 g/mol. The first kappa shape index (κ1) is 12.9. The van der Waals surface area contributed by atoms with Gasteiger partial charge in [0, 0.05) is 11.4 Å². The lowest BCUT2D eigenvalue weighted by Crippen LogP contribution is -2.25. The van der Waals surface area contributed by atoms with E-state index in [1.807, 2.05) is 13.0 Å². The summed E-state index contributed by atoms with van der Waals surface area (Å²) in [4.78, 5) is 12.3. The van der Waals surface area contributed by atoms with Gasteiger partial charge in [-0.2, -0.15) is 0 Å². The highest BCUT2D eigenvalue weighted by molar-refractivity contribution is 7.19. The van der Waals surface area contributed by atoms with Crippen LogP contribution in [0, 0.1) is 12.7 Å². The summed E-state index contributed by atoms with van der Waals surface area (Å²) in [6.45, 7) is 2.36. The molecule has 0 saturated carbocycles. The van der Waals surface area contributed by atoms with Gasteiger partial charge in [0.15, 0.2) is 0 Å². The van der Waals surface area contributed by atoms with Gasteiger partial charge in [0.2, 0.25) is 0 Å². The zero-order chi connectivity index (χ0) is 14.3. The van der Waals surface area contributed by atoms with Crippen LogP contribution in [0.25, 0.3) is 10.2 Å². The Balaban J connectivity index is 2.10. The number of aromatic carboxylic acids is 1. The number of carboxylic acid groups (broad SMARTS) is 1. The molecule has 0 aliphatic heterocycles. The molecule has 0 N–H and O–H groups in total. The lowest BCUT2D eigenvalue weighted by molar-refractivity contribution is -0.255. The Kier molecular flexibility index (Phi) is 3.06. The monoisotopic (exact) mass is 288 g/mol. The maximum absolute atomic E-state index is 12.9. The number of halogens is 1. The summed E-state index contributed by atoms with van der Waals surface area (Å²) < 4.78 is 15.5. The number of benzene rings is 1. The zero-order valence-corrected chi connectivity index (χ0v) is 11.5. The molecule has 2 aromatic heterocycles. The van der Waals surface area contributed by atoms with Crippen LogP contribution in [0.2, 0.25) is 0 Å². The number of carbonyl (C=O) groups is 1. The SMILES string of the molecule is Cc1cc2c(cc(C(=O)[O-])n2Cc2ccc(F)cc2)s1. The van der Waals surface area contributed by atoms with Gasteiger partial charge in [-0.15, -0.1) is 11.3 Å². The molecule has 0 spiro atoms. The number of carbonyl (C=O) groups excluding carboxylic acids is 1. The van der Waals surface area contributed by atoms with Gasteiger partial charge in [0.05, 0.1) is 21.9 Å². The van der Waals surface area contributed by atoms with Gasteiger partial charge in [-0.3, -0.25) is 0 Å². The molecule has 0 radical (unpaired) electrons. The molecule has 3 aromatic rings. The van der Waals surface area contributed by atoms with E-state index in [9.17, 15) is 14.3 Å². The summed E-state index contributed by atoms with van der Waals surface area (Å²) in [7, 11) is 0. The van der Waals surface area contributed by atoms with Gasteiger partial charge >= 0.3 is 0 Å². The first-order chi connectivity index (χ1) is 9.54. The van der Waals surface area contributed by atoms with E-state index < -0.39 is 5.97 Å². The van der Waals surface area contributed by atoms with Crippen molar-refractivity contribution in [2.24, 2.45) is 0 Å². The molecule has 3 nitrogen and oxygen atoms in total. The van der Waals surface area contributed by atoms with Gasteiger partial charge in [0.1, 0.15) is 5.82 Å². The van der Waals surface area contributed by atoms with Gasteiger partial charge in [0.25, 0.3) is 0 Å². The van der Waals surface area contributed by atoms with E-state index in [4.69, 9.17) is 0 Å². The molecule has 3 rings (SSSR count). The molecule has 102 valence electrons. The highest BCUT2D eigenvalue weighted by atomic mass is 32.1. The normalized spacial score (nSPS) is 11.1. The third-order valence-corrected chi connectivity index (χ3v) is 4.16. The van der Waals surface area contributed by atoms with Crippen LogP contribution in [-0.2, 0) is 6.54 Å². The minimum Gasteiger partial charge on any atom is -0.543 e. The smallest absolute Gasteiger partial charge is 0.123 e.